The van der Waals surface area contributed by atoms with Crippen LogP contribution in [-0.2, 0) is 6.18 Å². The van der Waals surface area contributed by atoms with E-state index < -0.39 is 11.7 Å². The highest BCUT2D eigenvalue weighted by molar-refractivity contribution is 5.81. The molecule has 1 N–H and O–H groups in total. The van der Waals surface area contributed by atoms with Crippen LogP contribution in [0.1, 0.15) is 56.2 Å². The lowest BCUT2D eigenvalue weighted by Gasteiger charge is -2.18. The monoisotopic (exact) mass is 439 g/mol. The van der Waals surface area contributed by atoms with Crippen molar-refractivity contribution < 1.29 is 18.3 Å². The molecule has 166 valence electrons. The fourth-order valence-electron chi connectivity index (χ4n) is 3.73. The van der Waals surface area contributed by atoms with Gasteiger partial charge >= 0.3 is 6.18 Å². The molecular formula is C25H24F3N3O. The van der Waals surface area contributed by atoms with Crippen molar-refractivity contribution in [3.05, 3.63) is 71.3 Å². The standard InChI is InChI=1S/C25H24F3N3O/c1-14(2)16-11-19(15(3)4)24(32)20(12-16)18-7-5-6-8-23(18)31-29-21-10-9-17(25(26,27)28)13-22(21)30-31/h5-15,32H,1-4H3. The Hall–Kier alpha value is -3.35. The Bertz CT molecular complexity index is 1290. The number of rotatable bonds is 4. The largest absolute Gasteiger partial charge is 0.507 e. The number of alkyl halides is 3. The average Bonchev–Trinajstić information content (AvgIpc) is 3.16. The molecule has 3 aromatic carbocycles. The number of aromatic nitrogens is 3. The quantitative estimate of drug-likeness (QED) is 0.370. The van der Waals surface area contributed by atoms with Crippen LogP contribution in [0.25, 0.3) is 27.8 Å². The molecular weight excluding hydrogens is 415 g/mol. The number of phenols is 1. The molecule has 1 aromatic heterocycles. The van der Waals surface area contributed by atoms with Gasteiger partial charge in [0, 0.05) is 11.1 Å². The summed E-state index contributed by atoms with van der Waals surface area (Å²) >= 11 is 0. The number of benzene rings is 3. The third-order valence-electron chi connectivity index (χ3n) is 5.57. The number of hydrogen-bond donors (Lipinski definition) is 1. The Labute approximate surface area is 184 Å². The van der Waals surface area contributed by atoms with Gasteiger partial charge in [-0.15, -0.1) is 15.0 Å². The highest BCUT2D eigenvalue weighted by Crippen LogP contribution is 2.41. The number of fused-ring (bicyclic) bond motifs is 1. The molecule has 0 fully saturated rings. The Kier molecular flexibility index (Phi) is 5.44. The van der Waals surface area contributed by atoms with E-state index in [-0.39, 0.29) is 23.1 Å². The molecule has 0 amide bonds. The van der Waals surface area contributed by atoms with Crippen molar-refractivity contribution in [1.29, 1.82) is 0 Å². The molecule has 4 rings (SSSR count). The van der Waals surface area contributed by atoms with Gasteiger partial charge in [0.25, 0.3) is 0 Å². The predicted molar refractivity (Wildman–Crippen MR) is 119 cm³/mol. The summed E-state index contributed by atoms with van der Waals surface area (Å²) in [5, 5.41) is 19.8. The van der Waals surface area contributed by atoms with Crippen LogP contribution in [0.5, 0.6) is 5.75 Å². The fourth-order valence-corrected chi connectivity index (χ4v) is 3.73. The van der Waals surface area contributed by atoms with E-state index in [9.17, 15) is 18.3 Å². The van der Waals surface area contributed by atoms with Gasteiger partial charge in [-0.25, -0.2) is 0 Å². The molecule has 0 bridgehead atoms. The molecule has 1 heterocycles. The van der Waals surface area contributed by atoms with Crippen molar-refractivity contribution in [2.45, 2.75) is 45.7 Å². The smallest absolute Gasteiger partial charge is 0.416 e. The van der Waals surface area contributed by atoms with Crippen LogP contribution < -0.4 is 0 Å². The maximum Gasteiger partial charge on any atom is 0.416 e. The van der Waals surface area contributed by atoms with Crippen molar-refractivity contribution in [2.24, 2.45) is 0 Å². The number of phenolic OH excluding ortho intramolecular Hbond substituents is 1. The van der Waals surface area contributed by atoms with Crippen LogP contribution >= 0.6 is 0 Å². The molecule has 0 aliphatic carbocycles. The van der Waals surface area contributed by atoms with Crippen molar-refractivity contribution >= 4 is 11.0 Å². The maximum atomic E-state index is 13.1. The van der Waals surface area contributed by atoms with Gasteiger partial charge < -0.3 is 5.11 Å². The topological polar surface area (TPSA) is 50.9 Å². The summed E-state index contributed by atoms with van der Waals surface area (Å²) in [6.45, 7) is 8.22. The Balaban J connectivity index is 1.91. The van der Waals surface area contributed by atoms with Crippen molar-refractivity contribution in [1.82, 2.24) is 15.0 Å². The molecule has 7 heteroatoms. The van der Waals surface area contributed by atoms with Gasteiger partial charge in [-0.05, 0) is 53.3 Å². The zero-order valence-corrected chi connectivity index (χ0v) is 18.3. The van der Waals surface area contributed by atoms with Crippen molar-refractivity contribution in [2.75, 3.05) is 0 Å². The summed E-state index contributed by atoms with van der Waals surface area (Å²) in [7, 11) is 0. The predicted octanol–water partition coefficient (Wildman–Crippen LogP) is 7.06. The minimum absolute atomic E-state index is 0.116. The molecule has 0 spiro atoms. The van der Waals surface area contributed by atoms with E-state index in [4.69, 9.17) is 0 Å². The third kappa shape index (κ3) is 3.95. The number of para-hydroxylation sites is 1. The number of nitrogens with zero attached hydrogens (tertiary/aromatic N) is 3. The molecule has 0 atom stereocenters. The molecule has 0 radical (unpaired) electrons. The van der Waals surface area contributed by atoms with E-state index in [2.05, 4.69) is 24.0 Å². The van der Waals surface area contributed by atoms with Crippen LogP contribution in [0, 0.1) is 0 Å². The van der Waals surface area contributed by atoms with Crippen molar-refractivity contribution in [3.8, 4) is 22.6 Å². The minimum atomic E-state index is -4.45. The first-order chi connectivity index (χ1) is 15.1. The fraction of sp³-hybridized carbons (Fsp3) is 0.280. The van der Waals surface area contributed by atoms with Gasteiger partial charge in [-0.2, -0.15) is 13.2 Å². The van der Waals surface area contributed by atoms with E-state index in [1.807, 2.05) is 38.1 Å². The lowest BCUT2D eigenvalue weighted by molar-refractivity contribution is -0.137. The maximum absolute atomic E-state index is 13.1. The van der Waals surface area contributed by atoms with E-state index in [1.165, 1.54) is 10.9 Å². The zero-order chi connectivity index (χ0) is 23.2. The summed E-state index contributed by atoms with van der Waals surface area (Å²) in [4.78, 5) is 1.33. The Morgan fingerprint density at radius 3 is 2.16 bits per heavy atom. The van der Waals surface area contributed by atoms with Crippen molar-refractivity contribution in [3.63, 3.8) is 0 Å². The second-order valence-electron chi connectivity index (χ2n) is 8.52. The zero-order valence-electron chi connectivity index (χ0n) is 18.3. The van der Waals surface area contributed by atoms with E-state index in [1.54, 1.807) is 12.1 Å². The lowest BCUT2D eigenvalue weighted by Crippen LogP contribution is -2.04. The first-order valence-corrected chi connectivity index (χ1v) is 10.5. The van der Waals surface area contributed by atoms with E-state index >= 15 is 0 Å². The normalized spacial score (nSPS) is 12.3. The minimum Gasteiger partial charge on any atom is -0.507 e. The molecule has 0 saturated heterocycles. The second-order valence-corrected chi connectivity index (χ2v) is 8.52. The highest BCUT2D eigenvalue weighted by atomic mass is 19.4. The number of aromatic hydroxyl groups is 1. The summed E-state index contributed by atoms with van der Waals surface area (Å²) < 4.78 is 39.3. The number of hydrogen-bond acceptors (Lipinski definition) is 3. The Morgan fingerprint density at radius 2 is 1.50 bits per heavy atom. The first kappa shape index (κ1) is 21.9. The van der Waals surface area contributed by atoms with Crippen LogP contribution in [0.4, 0.5) is 13.2 Å². The summed E-state index contributed by atoms with van der Waals surface area (Å²) in [5.74, 6) is 0.559. The van der Waals surface area contributed by atoms with Gasteiger partial charge in [0.15, 0.2) is 0 Å². The Morgan fingerprint density at radius 1 is 0.812 bits per heavy atom. The lowest BCUT2D eigenvalue weighted by atomic mass is 9.89. The highest BCUT2D eigenvalue weighted by Gasteiger charge is 2.31. The molecule has 0 aliphatic rings. The second kappa shape index (κ2) is 7.97. The van der Waals surface area contributed by atoms with Crippen LogP contribution in [-0.4, -0.2) is 20.1 Å². The molecule has 4 aromatic rings. The van der Waals surface area contributed by atoms with Crippen LogP contribution in [0.3, 0.4) is 0 Å². The summed E-state index contributed by atoms with van der Waals surface area (Å²) in [6.07, 6.45) is -4.45. The van der Waals surface area contributed by atoms with Gasteiger partial charge in [-0.1, -0.05) is 52.0 Å². The number of halogens is 3. The SMILES string of the molecule is CC(C)c1cc(-c2ccccc2-n2nc3ccc(C(F)(F)F)cc3n2)c(O)c(C(C)C)c1. The van der Waals surface area contributed by atoms with Gasteiger partial charge in [0.1, 0.15) is 16.8 Å². The van der Waals surface area contributed by atoms with E-state index in [0.717, 1.165) is 23.3 Å². The molecule has 32 heavy (non-hydrogen) atoms. The summed E-state index contributed by atoms with van der Waals surface area (Å²) in [5.41, 5.74) is 3.59. The van der Waals surface area contributed by atoms with Crippen LogP contribution in [0.2, 0.25) is 0 Å². The van der Waals surface area contributed by atoms with Gasteiger partial charge in [0.05, 0.1) is 11.3 Å². The third-order valence-corrected chi connectivity index (χ3v) is 5.57. The van der Waals surface area contributed by atoms with Crippen LogP contribution in [0.15, 0.2) is 54.6 Å². The molecule has 0 saturated carbocycles. The summed E-state index contributed by atoms with van der Waals surface area (Å²) in [6, 6.07) is 14.6. The van der Waals surface area contributed by atoms with Gasteiger partial charge in [0.2, 0.25) is 0 Å². The van der Waals surface area contributed by atoms with Gasteiger partial charge in [-0.3, -0.25) is 0 Å². The average molecular weight is 439 g/mol. The molecule has 4 nitrogen and oxygen atoms in total. The molecule has 0 aliphatic heterocycles. The molecule has 0 unspecified atom stereocenters. The first-order valence-electron chi connectivity index (χ1n) is 10.5. The van der Waals surface area contributed by atoms with E-state index in [0.29, 0.717) is 22.3 Å².